The summed E-state index contributed by atoms with van der Waals surface area (Å²) in [6.07, 6.45) is 4.35. The summed E-state index contributed by atoms with van der Waals surface area (Å²) in [7, 11) is 0. The summed E-state index contributed by atoms with van der Waals surface area (Å²) in [5.74, 6) is 1.30. The van der Waals surface area contributed by atoms with E-state index in [-0.39, 0.29) is 5.88 Å². The van der Waals surface area contributed by atoms with E-state index >= 15 is 0 Å². The zero-order chi connectivity index (χ0) is 25.1. The average molecular weight is 494 g/mol. The minimum Gasteiger partial charge on any atom is -0.440 e. The van der Waals surface area contributed by atoms with Gasteiger partial charge in [0.15, 0.2) is 0 Å². The van der Waals surface area contributed by atoms with Gasteiger partial charge >= 0.3 is 0 Å². The van der Waals surface area contributed by atoms with E-state index in [1.807, 2.05) is 65.1 Å². The molecule has 2 heterocycles. The van der Waals surface area contributed by atoms with Gasteiger partial charge in [0.25, 0.3) is 0 Å². The van der Waals surface area contributed by atoms with Crippen molar-refractivity contribution in [2.24, 2.45) is 5.73 Å². The SMILES string of the molecule is CCCCSc1ccc(-c2nn(-c3ccccc3)cc2[C@@H]2C(C#N)=C(N)Oc3cc(N)ccc32)cc1. The van der Waals surface area contributed by atoms with E-state index in [2.05, 4.69) is 37.3 Å². The average Bonchev–Trinajstić information content (AvgIpc) is 3.34. The van der Waals surface area contributed by atoms with Crippen molar-refractivity contribution in [1.82, 2.24) is 9.78 Å². The molecular formula is C29H27N5OS. The monoisotopic (exact) mass is 493 g/mol. The van der Waals surface area contributed by atoms with E-state index in [9.17, 15) is 5.26 Å². The van der Waals surface area contributed by atoms with Gasteiger partial charge < -0.3 is 16.2 Å². The third kappa shape index (κ3) is 4.56. The Kier molecular flexibility index (Phi) is 6.70. The van der Waals surface area contributed by atoms with Gasteiger partial charge in [-0.2, -0.15) is 10.4 Å². The Labute approximate surface area is 215 Å². The van der Waals surface area contributed by atoms with Crippen LogP contribution >= 0.6 is 11.8 Å². The fraction of sp³-hybridized carbons (Fsp3) is 0.172. The molecule has 0 saturated heterocycles. The predicted molar refractivity (Wildman–Crippen MR) is 145 cm³/mol. The number of nitrogens with zero attached hydrogens (tertiary/aromatic N) is 3. The molecular weight excluding hydrogens is 466 g/mol. The van der Waals surface area contributed by atoms with Crippen molar-refractivity contribution in [1.29, 1.82) is 5.26 Å². The van der Waals surface area contributed by atoms with Gasteiger partial charge in [-0.1, -0.05) is 49.7 Å². The first-order valence-electron chi connectivity index (χ1n) is 11.9. The molecule has 0 spiro atoms. The number of hydrogen-bond acceptors (Lipinski definition) is 6. The Hall–Kier alpha value is -4.15. The van der Waals surface area contributed by atoms with Crippen LogP contribution in [0.1, 0.15) is 36.8 Å². The van der Waals surface area contributed by atoms with Gasteiger partial charge in [0.05, 0.1) is 17.3 Å². The van der Waals surface area contributed by atoms with Crippen LogP contribution in [0.4, 0.5) is 5.69 Å². The molecule has 180 valence electrons. The number of nitrogens with two attached hydrogens (primary N) is 2. The van der Waals surface area contributed by atoms with Gasteiger partial charge in [0.2, 0.25) is 5.88 Å². The van der Waals surface area contributed by atoms with Crippen LogP contribution in [0.25, 0.3) is 16.9 Å². The quantitative estimate of drug-likeness (QED) is 0.180. The van der Waals surface area contributed by atoms with Crippen molar-refractivity contribution in [3.05, 3.63) is 102 Å². The largest absolute Gasteiger partial charge is 0.440 e. The van der Waals surface area contributed by atoms with Gasteiger partial charge in [-0.05, 0) is 42.5 Å². The van der Waals surface area contributed by atoms with Crippen LogP contribution in [0, 0.1) is 11.3 Å². The second-order valence-electron chi connectivity index (χ2n) is 8.66. The van der Waals surface area contributed by atoms with Crippen molar-refractivity contribution < 1.29 is 4.74 Å². The third-order valence-electron chi connectivity index (χ3n) is 6.21. The number of thioether (sulfide) groups is 1. The van der Waals surface area contributed by atoms with Crippen LogP contribution in [0.15, 0.2) is 95.3 Å². The van der Waals surface area contributed by atoms with Gasteiger partial charge in [0, 0.05) is 39.5 Å². The lowest BCUT2D eigenvalue weighted by Crippen LogP contribution is -2.21. The summed E-state index contributed by atoms with van der Waals surface area (Å²) in [5.41, 5.74) is 17.6. The summed E-state index contributed by atoms with van der Waals surface area (Å²) in [5, 5.41) is 15.1. The number of rotatable bonds is 7. The molecule has 6 nitrogen and oxygen atoms in total. The minimum atomic E-state index is -0.439. The zero-order valence-electron chi connectivity index (χ0n) is 20.0. The number of nitrogen functional groups attached to an aromatic ring is 1. The summed E-state index contributed by atoms with van der Waals surface area (Å²) in [6, 6.07) is 26.1. The molecule has 0 unspecified atom stereocenters. The lowest BCUT2D eigenvalue weighted by atomic mass is 9.82. The van der Waals surface area contributed by atoms with E-state index < -0.39 is 5.92 Å². The zero-order valence-corrected chi connectivity index (χ0v) is 20.8. The van der Waals surface area contributed by atoms with Gasteiger partial charge in [0.1, 0.15) is 17.4 Å². The van der Waals surface area contributed by atoms with Crippen LogP contribution in [0.5, 0.6) is 5.75 Å². The first-order valence-corrected chi connectivity index (χ1v) is 12.9. The number of aromatic nitrogens is 2. The molecule has 1 aliphatic heterocycles. The maximum absolute atomic E-state index is 10.1. The van der Waals surface area contributed by atoms with Crippen molar-refractivity contribution >= 4 is 17.4 Å². The summed E-state index contributed by atoms with van der Waals surface area (Å²) < 4.78 is 7.65. The second kappa shape index (κ2) is 10.2. The number of nitriles is 1. The maximum atomic E-state index is 10.1. The van der Waals surface area contributed by atoms with Gasteiger partial charge in [-0.3, -0.25) is 0 Å². The van der Waals surface area contributed by atoms with Crippen molar-refractivity contribution in [3.63, 3.8) is 0 Å². The Balaban J connectivity index is 1.66. The molecule has 4 N–H and O–H groups in total. The molecule has 0 fully saturated rings. The topological polar surface area (TPSA) is 103 Å². The number of allylic oxidation sites excluding steroid dienone is 1. The molecule has 5 rings (SSSR count). The first kappa shape index (κ1) is 23.6. The third-order valence-corrected chi connectivity index (χ3v) is 7.31. The molecule has 7 heteroatoms. The van der Waals surface area contributed by atoms with Gasteiger partial charge in [-0.15, -0.1) is 11.8 Å². The standard InChI is InChI=1S/C29H27N5OS/c1-2-3-15-36-22-12-9-19(10-13-22)28-25(18-34(33-28)21-7-5-4-6-8-21)27-23-14-11-20(31)16-26(23)35-29(32)24(27)17-30/h4-14,16,18,27H,2-3,15,31-32H2,1H3/t27-/m0/s1. The predicted octanol–water partition coefficient (Wildman–Crippen LogP) is 6.23. The smallest absolute Gasteiger partial charge is 0.205 e. The minimum absolute atomic E-state index is 0.0849. The van der Waals surface area contributed by atoms with Crippen molar-refractivity contribution in [2.75, 3.05) is 11.5 Å². The number of anilines is 1. The number of fused-ring (bicyclic) bond motifs is 1. The molecule has 3 aromatic carbocycles. The highest BCUT2D eigenvalue weighted by atomic mass is 32.2. The maximum Gasteiger partial charge on any atom is 0.205 e. The Bertz CT molecular complexity index is 1450. The molecule has 0 bridgehead atoms. The molecule has 4 aromatic rings. The highest BCUT2D eigenvalue weighted by Crippen LogP contribution is 2.45. The van der Waals surface area contributed by atoms with Crippen molar-refractivity contribution in [2.45, 2.75) is 30.6 Å². The number of unbranched alkanes of at least 4 members (excludes halogenated alkanes) is 1. The Morgan fingerprint density at radius 1 is 1.03 bits per heavy atom. The summed E-state index contributed by atoms with van der Waals surface area (Å²) in [6.45, 7) is 2.20. The van der Waals surface area contributed by atoms with E-state index in [0.717, 1.165) is 33.8 Å². The number of benzene rings is 3. The number of hydrogen-bond donors (Lipinski definition) is 2. The van der Waals surface area contributed by atoms with Crippen molar-refractivity contribution in [3.8, 4) is 28.8 Å². The molecule has 36 heavy (non-hydrogen) atoms. The first-order chi connectivity index (χ1) is 17.6. The number of ether oxygens (including phenoxy) is 1. The summed E-state index contributed by atoms with van der Waals surface area (Å²) >= 11 is 1.86. The molecule has 1 aliphatic rings. The van der Waals surface area contributed by atoms with E-state index in [4.69, 9.17) is 21.3 Å². The molecule has 1 atom stereocenters. The van der Waals surface area contributed by atoms with E-state index in [1.165, 1.54) is 17.7 Å². The van der Waals surface area contributed by atoms with Crippen LogP contribution < -0.4 is 16.2 Å². The second-order valence-corrected chi connectivity index (χ2v) is 9.83. The molecule has 1 aromatic heterocycles. The molecule has 0 radical (unpaired) electrons. The van der Waals surface area contributed by atoms with E-state index in [0.29, 0.717) is 17.0 Å². The normalized spacial score (nSPS) is 14.7. The lowest BCUT2D eigenvalue weighted by Gasteiger charge is -2.26. The molecule has 0 aliphatic carbocycles. The Morgan fingerprint density at radius 2 is 1.81 bits per heavy atom. The number of para-hydroxylation sites is 1. The van der Waals surface area contributed by atoms with Crippen LogP contribution in [0.3, 0.4) is 0 Å². The molecule has 0 amide bonds. The van der Waals surface area contributed by atoms with Crippen LogP contribution in [0.2, 0.25) is 0 Å². The fourth-order valence-electron chi connectivity index (χ4n) is 4.37. The van der Waals surface area contributed by atoms with Crippen LogP contribution in [-0.4, -0.2) is 15.5 Å². The highest BCUT2D eigenvalue weighted by molar-refractivity contribution is 7.99. The lowest BCUT2D eigenvalue weighted by molar-refractivity contribution is 0.394. The van der Waals surface area contributed by atoms with Crippen LogP contribution in [-0.2, 0) is 0 Å². The summed E-state index contributed by atoms with van der Waals surface area (Å²) in [4.78, 5) is 1.23. The fourth-order valence-corrected chi connectivity index (χ4v) is 5.37. The molecule has 0 saturated carbocycles. The Morgan fingerprint density at radius 3 is 2.53 bits per heavy atom. The highest BCUT2D eigenvalue weighted by Gasteiger charge is 2.34. The van der Waals surface area contributed by atoms with E-state index in [1.54, 1.807) is 6.07 Å². The van der Waals surface area contributed by atoms with Gasteiger partial charge in [-0.25, -0.2) is 4.68 Å².